The Kier molecular flexibility index (Phi) is 6.62. The Bertz CT molecular complexity index is 1510. The number of aliphatic hydroxyl groups is 1. The van der Waals surface area contributed by atoms with Gasteiger partial charge in [0.25, 0.3) is 0 Å². The van der Waals surface area contributed by atoms with Crippen LogP contribution in [0.1, 0.15) is 23.6 Å². The smallest absolute Gasteiger partial charge is 0.231 e. The van der Waals surface area contributed by atoms with Gasteiger partial charge in [0.1, 0.15) is 11.9 Å². The van der Waals surface area contributed by atoms with Gasteiger partial charge in [-0.25, -0.2) is 14.4 Å². The number of carbonyl (C=O) groups excluding carboxylic acids is 1. The molecule has 3 heterocycles. The van der Waals surface area contributed by atoms with Crippen LogP contribution in [0.25, 0.3) is 11.3 Å². The number of amides is 1. The van der Waals surface area contributed by atoms with Gasteiger partial charge in [-0.3, -0.25) is 9.48 Å². The highest BCUT2D eigenvalue weighted by Gasteiger charge is 2.29. The monoisotopic (exact) mass is 497 g/mol. The average molecular weight is 498 g/mol. The molecule has 1 atom stereocenters. The van der Waals surface area contributed by atoms with E-state index in [4.69, 9.17) is 0 Å². The van der Waals surface area contributed by atoms with Gasteiger partial charge in [-0.1, -0.05) is 18.2 Å². The molecule has 10 heteroatoms. The van der Waals surface area contributed by atoms with Crippen molar-refractivity contribution in [3.05, 3.63) is 83.6 Å². The zero-order chi connectivity index (χ0) is 25.9. The van der Waals surface area contributed by atoms with Crippen molar-refractivity contribution in [2.75, 3.05) is 16.8 Å². The number of hydrogen-bond donors (Lipinski definition) is 2. The molecule has 0 fully saturated rings. The van der Waals surface area contributed by atoms with E-state index >= 15 is 0 Å². The van der Waals surface area contributed by atoms with E-state index in [1.54, 1.807) is 65.4 Å². The summed E-state index contributed by atoms with van der Waals surface area (Å²) in [5.41, 5.74) is 4.15. The minimum absolute atomic E-state index is 0.0759. The number of nitriles is 1. The molecular weight excluding hydrogens is 473 g/mol. The molecule has 0 radical (unpaired) electrons. The first-order valence-corrected chi connectivity index (χ1v) is 11.8. The van der Waals surface area contributed by atoms with Crippen LogP contribution in [-0.2, 0) is 24.2 Å². The lowest BCUT2D eigenvalue weighted by molar-refractivity contribution is -0.117. The molecule has 1 aliphatic rings. The second kappa shape index (κ2) is 10.2. The summed E-state index contributed by atoms with van der Waals surface area (Å²) in [5, 5.41) is 26.7. The molecule has 2 aromatic carbocycles. The number of aromatic nitrogens is 4. The Morgan fingerprint density at radius 1 is 1.30 bits per heavy atom. The molecule has 4 aromatic rings. The maximum atomic E-state index is 14.1. The van der Waals surface area contributed by atoms with Crippen molar-refractivity contribution in [2.45, 2.75) is 32.4 Å². The van der Waals surface area contributed by atoms with Gasteiger partial charge in [0.2, 0.25) is 11.9 Å². The van der Waals surface area contributed by atoms with E-state index in [1.807, 2.05) is 6.07 Å². The fraction of sp³-hybridized carbons (Fsp3) is 0.222. The van der Waals surface area contributed by atoms with E-state index in [2.05, 4.69) is 26.5 Å². The average Bonchev–Trinajstić information content (AvgIpc) is 3.51. The molecule has 0 saturated carbocycles. The second-order valence-corrected chi connectivity index (χ2v) is 8.90. The zero-order valence-electron chi connectivity index (χ0n) is 20.1. The highest BCUT2D eigenvalue weighted by atomic mass is 19.1. The lowest BCUT2D eigenvalue weighted by Crippen LogP contribution is -2.31. The van der Waals surface area contributed by atoms with Gasteiger partial charge >= 0.3 is 0 Å². The van der Waals surface area contributed by atoms with Crippen LogP contribution in [0, 0.1) is 17.1 Å². The number of hydrogen-bond acceptors (Lipinski definition) is 7. The Morgan fingerprint density at radius 2 is 2.14 bits per heavy atom. The van der Waals surface area contributed by atoms with Crippen LogP contribution in [0.3, 0.4) is 0 Å². The molecule has 1 aliphatic heterocycles. The first kappa shape index (κ1) is 24.1. The van der Waals surface area contributed by atoms with E-state index < -0.39 is 11.9 Å². The van der Waals surface area contributed by atoms with Gasteiger partial charge in [0, 0.05) is 24.5 Å². The summed E-state index contributed by atoms with van der Waals surface area (Å²) >= 11 is 0. The summed E-state index contributed by atoms with van der Waals surface area (Å²) in [6.07, 6.45) is 4.97. The number of nitrogens with one attached hydrogen (secondary N) is 1. The Labute approximate surface area is 212 Å². The van der Waals surface area contributed by atoms with Gasteiger partial charge in [-0.2, -0.15) is 10.4 Å². The van der Waals surface area contributed by atoms with Crippen LogP contribution < -0.4 is 10.2 Å². The zero-order valence-corrected chi connectivity index (χ0v) is 20.1. The number of halogens is 1. The van der Waals surface area contributed by atoms with Gasteiger partial charge < -0.3 is 15.3 Å². The topological polar surface area (TPSA) is 120 Å². The Morgan fingerprint density at radius 3 is 2.92 bits per heavy atom. The fourth-order valence-electron chi connectivity index (χ4n) is 4.44. The maximum Gasteiger partial charge on any atom is 0.231 e. The molecule has 0 spiro atoms. The van der Waals surface area contributed by atoms with E-state index in [0.717, 1.165) is 11.1 Å². The number of fused-ring (bicyclic) bond motifs is 1. The normalized spacial score (nSPS) is 13.2. The highest BCUT2D eigenvalue weighted by Crippen LogP contribution is 2.36. The molecule has 9 nitrogen and oxygen atoms in total. The summed E-state index contributed by atoms with van der Waals surface area (Å²) in [7, 11) is 0. The van der Waals surface area contributed by atoms with E-state index in [-0.39, 0.29) is 12.3 Å². The standard InChI is InChI=1S/C27H24FN7O2/c1-17(36)15-34-16-22(14-31-34)32-27-30-8-6-24(33-27)20-10-19-7-9-35(26(19)21(11-20)13-29)25(37)12-18-4-2-3-5-23(18)28/h2-6,8,10-11,14,16-17,36H,7,9,12,15H2,1H3,(H,30,32,33). The van der Waals surface area contributed by atoms with Gasteiger partial charge in [-0.15, -0.1) is 0 Å². The van der Waals surface area contributed by atoms with Crippen molar-refractivity contribution in [1.82, 2.24) is 19.7 Å². The molecule has 186 valence electrons. The molecule has 0 bridgehead atoms. The molecule has 2 N–H and O–H groups in total. The second-order valence-electron chi connectivity index (χ2n) is 8.90. The number of nitrogens with zero attached hydrogens (tertiary/aromatic N) is 6. The Hall–Kier alpha value is -4.62. The molecular formula is C27H24FN7O2. The molecule has 1 amide bonds. The van der Waals surface area contributed by atoms with Crippen molar-refractivity contribution in [3.8, 4) is 17.3 Å². The van der Waals surface area contributed by atoms with Gasteiger partial charge in [-0.05, 0) is 48.7 Å². The van der Waals surface area contributed by atoms with Crippen molar-refractivity contribution in [2.24, 2.45) is 0 Å². The van der Waals surface area contributed by atoms with Gasteiger partial charge in [0.05, 0.1) is 47.9 Å². The lowest BCUT2D eigenvalue weighted by Gasteiger charge is -2.19. The predicted molar refractivity (Wildman–Crippen MR) is 136 cm³/mol. The summed E-state index contributed by atoms with van der Waals surface area (Å²) in [5.74, 6) is -0.317. The van der Waals surface area contributed by atoms with Crippen LogP contribution >= 0.6 is 0 Å². The van der Waals surface area contributed by atoms with Crippen molar-refractivity contribution < 1.29 is 14.3 Å². The van der Waals surface area contributed by atoms with Crippen LogP contribution in [0.4, 0.5) is 21.7 Å². The first-order valence-electron chi connectivity index (χ1n) is 11.8. The van der Waals surface area contributed by atoms with Crippen LogP contribution in [0.2, 0.25) is 0 Å². The summed E-state index contributed by atoms with van der Waals surface area (Å²) < 4.78 is 15.7. The van der Waals surface area contributed by atoms with Gasteiger partial charge in [0.15, 0.2) is 0 Å². The summed E-state index contributed by atoms with van der Waals surface area (Å²) in [4.78, 5) is 23.5. The lowest BCUT2D eigenvalue weighted by atomic mass is 10.0. The number of benzene rings is 2. The fourth-order valence-corrected chi connectivity index (χ4v) is 4.44. The number of aliphatic hydroxyl groups excluding tert-OH is 1. The minimum atomic E-state index is -0.521. The highest BCUT2D eigenvalue weighted by molar-refractivity contribution is 5.98. The number of rotatable bonds is 7. The van der Waals surface area contributed by atoms with Crippen LogP contribution in [0.15, 0.2) is 61.1 Å². The molecule has 0 aliphatic carbocycles. The molecule has 2 aromatic heterocycles. The van der Waals surface area contributed by atoms with Crippen molar-refractivity contribution >= 4 is 23.2 Å². The summed E-state index contributed by atoms with van der Waals surface area (Å²) in [6, 6.07) is 13.8. The SMILES string of the molecule is CC(O)Cn1cc(Nc2nccc(-c3cc(C#N)c4c(c3)CCN4C(=O)Cc3ccccc3F)n2)cn1. The number of carbonyl (C=O) groups is 1. The van der Waals surface area contributed by atoms with Crippen LogP contribution in [-0.4, -0.2) is 43.4 Å². The van der Waals surface area contributed by atoms with Crippen molar-refractivity contribution in [1.29, 1.82) is 5.26 Å². The van der Waals surface area contributed by atoms with E-state index in [0.29, 0.717) is 53.7 Å². The predicted octanol–water partition coefficient (Wildman–Crippen LogP) is 3.61. The maximum absolute atomic E-state index is 14.1. The molecule has 37 heavy (non-hydrogen) atoms. The minimum Gasteiger partial charge on any atom is -0.391 e. The molecule has 0 saturated heterocycles. The molecule has 5 rings (SSSR count). The molecule has 1 unspecified atom stereocenters. The summed E-state index contributed by atoms with van der Waals surface area (Å²) in [6.45, 7) is 2.48. The van der Waals surface area contributed by atoms with E-state index in [1.165, 1.54) is 6.07 Å². The van der Waals surface area contributed by atoms with E-state index in [9.17, 15) is 19.6 Å². The first-order chi connectivity index (χ1) is 17.9. The third kappa shape index (κ3) is 5.17. The Balaban J connectivity index is 1.39. The van der Waals surface area contributed by atoms with Crippen LogP contribution in [0.5, 0.6) is 0 Å². The third-order valence-corrected chi connectivity index (χ3v) is 6.08. The van der Waals surface area contributed by atoms with Crippen molar-refractivity contribution in [3.63, 3.8) is 0 Å². The quantitative estimate of drug-likeness (QED) is 0.400. The number of anilines is 3. The largest absolute Gasteiger partial charge is 0.391 e. The third-order valence-electron chi connectivity index (χ3n) is 6.08.